The van der Waals surface area contributed by atoms with Crippen molar-refractivity contribution >= 4 is 17.6 Å². The van der Waals surface area contributed by atoms with Crippen molar-refractivity contribution in [2.75, 3.05) is 54.7 Å². The molecule has 1 saturated heterocycles. The highest BCUT2D eigenvalue weighted by atomic mass is 16.5. The fraction of sp³-hybridized carbons (Fsp3) is 0.483. The minimum Gasteiger partial charge on any atom is -0.497 e. The van der Waals surface area contributed by atoms with Gasteiger partial charge in [0.05, 0.1) is 59.3 Å². The third-order valence-electron chi connectivity index (χ3n) is 7.17. The first kappa shape index (κ1) is 28.2. The zero-order chi connectivity index (χ0) is 27.9. The van der Waals surface area contributed by atoms with E-state index < -0.39 is 0 Å². The first-order valence-corrected chi connectivity index (χ1v) is 13.1. The Labute approximate surface area is 229 Å². The molecule has 0 radical (unpaired) electrons. The maximum absolute atomic E-state index is 13.8. The number of likely N-dealkylation sites (tertiary alicyclic amines) is 1. The van der Waals surface area contributed by atoms with Gasteiger partial charge in [-0.15, -0.1) is 0 Å². The summed E-state index contributed by atoms with van der Waals surface area (Å²) in [5.74, 6) is 1.88. The van der Waals surface area contributed by atoms with Gasteiger partial charge in [-0.3, -0.25) is 14.5 Å². The summed E-state index contributed by atoms with van der Waals surface area (Å²) in [6, 6.07) is 10.8. The van der Waals surface area contributed by atoms with Gasteiger partial charge in [-0.2, -0.15) is 5.10 Å². The van der Waals surface area contributed by atoms with Gasteiger partial charge in [0.25, 0.3) is 5.91 Å². The molecule has 10 nitrogen and oxygen atoms in total. The van der Waals surface area contributed by atoms with Crippen molar-refractivity contribution in [3.8, 4) is 23.0 Å². The van der Waals surface area contributed by atoms with Crippen molar-refractivity contribution in [1.29, 1.82) is 0 Å². The molecule has 2 aliphatic rings. The Bertz CT molecular complexity index is 1220. The van der Waals surface area contributed by atoms with Gasteiger partial charge in [0.2, 0.25) is 0 Å². The molecule has 2 aromatic carbocycles. The molecule has 0 aromatic heterocycles. The smallest absolute Gasteiger partial charge is 0.310 e. The normalized spacial score (nSPS) is 19.3. The molecule has 10 heteroatoms. The highest BCUT2D eigenvalue weighted by Gasteiger charge is 2.37. The van der Waals surface area contributed by atoms with Crippen LogP contribution >= 0.6 is 0 Å². The van der Waals surface area contributed by atoms with Crippen molar-refractivity contribution in [2.24, 2.45) is 11.0 Å². The van der Waals surface area contributed by atoms with Gasteiger partial charge in [0.1, 0.15) is 11.5 Å². The minimum absolute atomic E-state index is 0.146. The molecule has 2 atom stereocenters. The van der Waals surface area contributed by atoms with E-state index >= 15 is 0 Å². The largest absolute Gasteiger partial charge is 0.497 e. The van der Waals surface area contributed by atoms with Crippen molar-refractivity contribution in [1.82, 2.24) is 9.91 Å². The average Bonchev–Trinajstić information content (AvgIpc) is 3.42. The number of amides is 1. The molecule has 0 saturated carbocycles. The van der Waals surface area contributed by atoms with Crippen LogP contribution in [0.5, 0.6) is 23.0 Å². The van der Waals surface area contributed by atoms with Crippen LogP contribution in [0.15, 0.2) is 41.5 Å². The van der Waals surface area contributed by atoms with Gasteiger partial charge in [0, 0.05) is 30.2 Å². The standard InChI is InChI=1S/C29H37N3O7/c1-6-39-29(34)20-8-7-13-31(17-20)18-28(33)32-24(22-11-10-21(35-2)15-26(22)37-4)16-23(30-32)19-9-12-25(36-3)27(14-19)38-5/h9-12,14-15,20,24H,6-8,13,16-18H2,1-5H3. The SMILES string of the molecule is CCOC(=O)C1CCCN(CC(=O)N2N=C(c3ccc(OC)c(OC)c3)CC2c2ccc(OC)cc2OC)C1. The van der Waals surface area contributed by atoms with E-state index in [1.807, 2.05) is 35.2 Å². The fourth-order valence-electron chi connectivity index (χ4n) is 5.18. The summed E-state index contributed by atoms with van der Waals surface area (Å²) < 4.78 is 27.2. The number of hydrazone groups is 1. The molecular formula is C29H37N3O7. The van der Waals surface area contributed by atoms with Crippen LogP contribution in [0.2, 0.25) is 0 Å². The number of benzene rings is 2. The van der Waals surface area contributed by atoms with E-state index in [4.69, 9.17) is 28.8 Å². The number of carbonyl (C=O) groups is 2. The second-order valence-corrected chi connectivity index (χ2v) is 9.51. The highest BCUT2D eigenvalue weighted by molar-refractivity contribution is 6.03. The van der Waals surface area contributed by atoms with Crippen LogP contribution in [-0.2, 0) is 14.3 Å². The quantitative estimate of drug-likeness (QED) is 0.422. The highest BCUT2D eigenvalue weighted by Crippen LogP contribution is 2.40. The van der Waals surface area contributed by atoms with Crippen LogP contribution < -0.4 is 18.9 Å². The van der Waals surface area contributed by atoms with Crippen LogP contribution in [0.25, 0.3) is 0 Å². The molecule has 0 aliphatic carbocycles. The average molecular weight is 540 g/mol. The third-order valence-corrected chi connectivity index (χ3v) is 7.17. The molecular weight excluding hydrogens is 502 g/mol. The molecule has 39 heavy (non-hydrogen) atoms. The number of ether oxygens (including phenoxy) is 5. The van der Waals surface area contributed by atoms with Gasteiger partial charge in [-0.1, -0.05) is 0 Å². The van der Waals surface area contributed by atoms with Crippen LogP contribution in [0.3, 0.4) is 0 Å². The molecule has 210 valence electrons. The molecule has 2 heterocycles. The summed E-state index contributed by atoms with van der Waals surface area (Å²) in [7, 11) is 6.37. The lowest BCUT2D eigenvalue weighted by atomic mass is 9.96. The van der Waals surface area contributed by atoms with E-state index in [0.29, 0.717) is 42.6 Å². The lowest BCUT2D eigenvalue weighted by Crippen LogP contribution is -2.44. The molecule has 2 aromatic rings. The minimum atomic E-state index is -0.382. The Balaban J connectivity index is 1.63. The van der Waals surface area contributed by atoms with Crippen LogP contribution in [0.1, 0.15) is 43.4 Å². The molecule has 4 rings (SSSR count). The number of methoxy groups -OCH3 is 4. The predicted molar refractivity (Wildman–Crippen MR) is 146 cm³/mol. The molecule has 0 spiro atoms. The Morgan fingerprint density at radius 1 is 0.949 bits per heavy atom. The molecule has 1 fully saturated rings. The third kappa shape index (κ3) is 6.27. The number of nitrogens with zero attached hydrogens (tertiary/aromatic N) is 3. The van der Waals surface area contributed by atoms with E-state index in [1.165, 1.54) is 0 Å². The van der Waals surface area contributed by atoms with Crippen LogP contribution in [0.4, 0.5) is 0 Å². The molecule has 2 unspecified atom stereocenters. The Morgan fingerprint density at radius 2 is 1.72 bits per heavy atom. The van der Waals surface area contributed by atoms with Gasteiger partial charge in [-0.25, -0.2) is 5.01 Å². The summed E-state index contributed by atoms with van der Waals surface area (Å²) in [5, 5.41) is 6.36. The van der Waals surface area contributed by atoms with E-state index in [2.05, 4.69) is 0 Å². The maximum atomic E-state index is 13.8. The molecule has 0 N–H and O–H groups in total. The van der Waals surface area contributed by atoms with Gasteiger partial charge >= 0.3 is 5.97 Å². The number of esters is 1. The van der Waals surface area contributed by atoms with E-state index in [0.717, 1.165) is 36.2 Å². The molecule has 2 aliphatic heterocycles. The van der Waals surface area contributed by atoms with Crippen LogP contribution in [-0.4, -0.2) is 82.2 Å². The Hall–Kier alpha value is -3.79. The predicted octanol–water partition coefficient (Wildman–Crippen LogP) is 3.67. The number of hydrogen-bond acceptors (Lipinski definition) is 9. The summed E-state index contributed by atoms with van der Waals surface area (Å²) in [4.78, 5) is 28.1. The zero-order valence-corrected chi connectivity index (χ0v) is 23.3. The van der Waals surface area contributed by atoms with Gasteiger partial charge < -0.3 is 23.7 Å². The fourth-order valence-corrected chi connectivity index (χ4v) is 5.18. The van der Waals surface area contributed by atoms with Crippen LogP contribution in [0, 0.1) is 5.92 Å². The molecule has 0 bridgehead atoms. The second-order valence-electron chi connectivity index (χ2n) is 9.51. The number of hydrogen-bond donors (Lipinski definition) is 0. The van der Waals surface area contributed by atoms with Gasteiger partial charge in [0.15, 0.2) is 11.5 Å². The second kappa shape index (κ2) is 12.8. The molecule has 1 amide bonds. The zero-order valence-electron chi connectivity index (χ0n) is 23.3. The number of piperidine rings is 1. The first-order chi connectivity index (χ1) is 18.9. The van der Waals surface area contributed by atoms with E-state index in [-0.39, 0.29) is 30.4 Å². The summed E-state index contributed by atoms with van der Waals surface area (Å²) in [6.45, 7) is 3.52. The van der Waals surface area contributed by atoms with Crippen molar-refractivity contribution < 1.29 is 33.3 Å². The summed E-state index contributed by atoms with van der Waals surface area (Å²) >= 11 is 0. The van der Waals surface area contributed by atoms with Crippen molar-refractivity contribution in [3.05, 3.63) is 47.5 Å². The summed E-state index contributed by atoms with van der Waals surface area (Å²) in [6.07, 6.45) is 2.07. The number of carbonyl (C=O) groups excluding carboxylic acids is 2. The number of rotatable bonds is 10. The lowest BCUT2D eigenvalue weighted by Gasteiger charge is -2.32. The first-order valence-electron chi connectivity index (χ1n) is 13.1. The summed E-state index contributed by atoms with van der Waals surface area (Å²) in [5.41, 5.74) is 2.41. The Morgan fingerprint density at radius 3 is 2.41 bits per heavy atom. The van der Waals surface area contributed by atoms with Crippen molar-refractivity contribution in [3.63, 3.8) is 0 Å². The van der Waals surface area contributed by atoms with Crippen molar-refractivity contribution in [2.45, 2.75) is 32.2 Å². The lowest BCUT2D eigenvalue weighted by molar-refractivity contribution is -0.150. The topological polar surface area (TPSA) is 99.1 Å². The van der Waals surface area contributed by atoms with E-state index in [9.17, 15) is 9.59 Å². The van der Waals surface area contributed by atoms with Gasteiger partial charge in [-0.05, 0) is 56.6 Å². The maximum Gasteiger partial charge on any atom is 0.310 e. The monoisotopic (exact) mass is 539 g/mol. The Kier molecular flexibility index (Phi) is 9.29. The van der Waals surface area contributed by atoms with E-state index in [1.54, 1.807) is 46.4 Å².